The fourth-order valence-electron chi connectivity index (χ4n) is 1.36. The zero-order valence-electron chi connectivity index (χ0n) is 7.91. The molecule has 0 radical (unpaired) electrons. The van der Waals surface area contributed by atoms with Crippen molar-refractivity contribution < 1.29 is 9.13 Å². The average Bonchev–Trinajstić information content (AvgIpc) is 2.17. The van der Waals surface area contributed by atoms with E-state index in [0.29, 0.717) is 22.5 Å². The maximum absolute atomic E-state index is 13.4. The molecular weight excluding hydrogens is 183 g/mol. The quantitative estimate of drug-likeness (QED) is 0.649. The Morgan fingerprint density at radius 2 is 2.07 bits per heavy atom. The lowest BCUT2D eigenvalue weighted by molar-refractivity contribution is 0.418. The van der Waals surface area contributed by atoms with Crippen molar-refractivity contribution in [2.45, 2.75) is 6.92 Å². The van der Waals surface area contributed by atoms with Crippen LogP contribution in [0.25, 0.3) is 10.9 Å². The van der Waals surface area contributed by atoms with Gasteiger partial charge < -0.3 is 4.74 Å². The lowest BCUT2D eigenvalue weighted by atomic mass is 10.2. The van der Waals surface area contributed by atoms with Crippen LogP contribution in [-0.2, 0) is 0 Å². The third-order valence-electron chi connectivity index (χ3n) is 1.97. The average molecular weight is 192 g/mol. The molecule has 1 heterocycles. The van der Waals surface area contributed by atoms with Gasteiger partial charge in [-0.2, -0.15) is 4.39 Å². The lowest BCUT2D eigenvalue weighted by Crippen LogP contribution is -1.96. The fraction of sp³-hybridized carbons (Fsp3) is 0.200. The normalized spacial score (nSPS) is 10.5. The number of fused-ring (bicyclic) bond motifs is 1. The predicted molar refractivity (Wildman–Crippen MR) is 50.8 cm³/mol. The molecule has 0 aliphatic heterocycles. The molecule has 2 aromatic rings. The number of methoxy groups -OCH3 is 1. The highest BCUT2D eigenvalue weighted by Gasteiger charge is 2.08. The second kappa shape index (κ2) is 3.21. The minimum absolute atomic E-state index is 0.384. The van der Waals surface area contributed by atoms with Gasteiger partial charge in [-0.3, -0.25) is 0 Å². The number of benzene rings is 1. The number of hydrogen-bond acceptors (Lipinski definition) is 3. The van der Waals surface area contributed by atoms with E-state index in [0.717, 1.165) is 0 Å². The first kappa shape index (κ1) is 8.87. The van der Waals surface area contributed by atoms with Gasteiger partial charge in [0, 0.05) is 0 Å². The third-order valence-corrected chi connectivity index (χ3v) is 1.97. The van der Waals surface area contributed by atoms with Gasteiger partial charge in [0.15, 0.2) is 0 Å². The summed E-state index contributed by atoms with van der Waals surface area (Å²) in [5.41, 5.74) is 0.514. The van der Waals surface area contributed by atoms with Gasteiger partial charge in [0.05, 0.1) is 12.5 Å². The van der Waals surface area contributed by atoms with E-state index in [1.165, 1.54) is 7.11 Å². The summed E-state index contributed by atoms with van der Waals surface area (Å²) in [6.45, 7) is 1.65. The predicted octanol–water partition coefficient (Wildman–Crippen LogP) is 2.09. The van der Waals surface area contributed by atoms with Crippen LogP contribution in [0.2, 0.25) is 0 Å². The number of halogens is 1. The van der Waals surface area contributed by atoms with E-state index in [-0.39, 0.29) is 0 Å². The zero-order chi connectivity index (χ0) is 10.1. The molecule has 0 bridgehead atoms. The molecule has 4 heteroatoms. The molecule has 2 rings (SSSR count). The molecule has 14 heavy (non-hydrogen) atoms. The van der Waals surface area contributed by atoms with Crippen molar-refractivity contribution in [2.75, 3.05) is 7.11 Å². The Morgan fingerprint density at radius 1 is 1.29 bits per heavy atom. The first-order valence-corrected chi connectivity index (χ1v) is 4.19. The topological polar surface area (TPSA) is 35.0 Å². The van der Waals surface area contributed by atoms with Crippen molar-refractivity contribution in [3.8, 4) is 5.75 Å². The summed E-state index contributed by atoms with van der Waals surface area (Å²) in [6, 6.07) is 5.09. The van der Waals surface area contributed by atoms with E-state index in [1.807, 2.05) is 0 Å². The molecule has 0 saturated heterocycles. The van der Waals surface area contributed by atoms with E-state index in [9.17, 15) is 4.39 Å². The Morgan fingerprint density at radius 3 is 2.79 bits per heavy atom. The number of ether oxygens (including phenoxy) is 1. The lowest BCUT2D eigenvalue weighted by Gasteiger charge is -2.04. The number of aromatic nitrogens is 2. The molecule has 0 saturated carbocycles. The minimum atomic E-state index is -0.508. The molecule has 0 aliphatic rings. The van der Waals surface area contributed by atoms with E-state index in [1.54, 1.807) is 25.1 Å². The van der Waals surface area contributed by atoms with Crippen LogP contribution in [0.5, 0.6) is 5.75 Å². The maximum atomic E-state index is 13.4. The van der Waals surface area contributed by atoms with E-state index < -0.39 is 5.95 Å². The van der Waals surface area contributed by atoms with Crippen LogP contribution in [0.1, 0.15) is 5.82 Å². The molecule has 0 atom stereocenters. The van der Waals surface area contributed by atoms with Crippen molar-refractivity contribution in [1.29, 1.82) is 0 Å². The largest absolute Gasteiger partial charge is 0.494 e. The van der Waals surface area contributed by atoms with E-state index >= 15 is 0 Å². The monoisotopic (exact) mass is 192 g/mol. The summed E-state index contributed by atoms with van der Waals surface area (Å²) in [5.74, 6) is 0.456. The summed E-state index contributed by atoms with van der Waals surface area (Å²) in [6.07, 6.45) is 0. The molecule has 1 aromatic heterocycles. The van der Waals surface area contributed by atoms with Gasteiger partial charge in [-0.1, -0.05) is 6.07 Å². The van der Waals surface area contributed by atoms with E-state index in [2.05, 4.69) is 9.97 Å². The number of nitrogens with zero attached hydrogens (tertiary/aromatic N) is 2. The second-order valence-electron chi connectivity index (χ2n) is 2.92. The van der Waals surface area contributed by atoms with Gasteiger partial charge in [-0.15, -0.1) is 0 Å². The molecule has 3 nitrogen and oxygen atoms in total. The molecule has 0 unspecified atom stereocenters. The zero-order valence-corrected chi connectivity index (χ0v) is 7.91. The molecule has 0 amide bonds. The summed E-state index contributed by atoms with van der Waals surface area (Å²) in [4.78, 5) is 7.77. The van der Waals surface area contributed by atoms with Crippen LogP contribution >= 0.6 is 0 Å². The van der Waals surface area contributed by atoms with Gasteiger partial charge >= 0.3 is 0 Å². The van der Waals surface area contributed by atoms with Gasteiger partial charge in [0.25, 0.3) is 0 Å². The van der Waals surface area contributed by atoms with Crippen molar-refractivity contribution >= 4 is 10.9 Å². The molecule has 0 N–H and O–H groups in total. The SMILES string of the molecule is COc1cccc2c(F)nc(C)nc12. The van der Waals surface area contributed by atoms with Crippen LogP contribution < -0.4 is 4.74 Å². The summed E-state index contributed by atoms with van der Waals surface area (Å²) < 4.78 is 18.4. The fourth-order valence-corrected chi connectivity index (χ4v) is 1.36. The van der Waals surface area contributed by atoms with Gasteiger partial charge in [-0.05, 0) is 19.1 Å². The highest BCUT2D eigenvalue weighted by molar-refractivity contribution is 5.84. The van der Waals surface area contributed by atoms with Crippen LogP contribution in [0.15, 0.2) is 18.2 Å². The maximum Gasteiger partial charge on any atom is 0.224 e. The molecule has 0 spiro atoms. The molecule has 0 aliphatic carbocycles. The Kier molecular flexibility index (Phi) is 2.04. The van der Waals surface area contributed by atoms with Crippen molar-refractivity contribution in [2.24, 2.45) is 0 Å². The molecule has 0 fully saturated rings. The van der Waals surface area contributed by atoms with Gasteiger partial charge in [-0.25, -0.2) is 9.97 Å². The number of para-hydroxylation sites is 1. The molecular formula is C10H9FN2O. The highest BCUT2D eigenvalue weighted by atomic mass is 19.1. The van der Waals surface area contributed by atoms with Crippen molar-refractivity contribution in [3.05, 3.63) is 30.0 Å². The Bertz CT molecular complexity index is 485. The first-order chi connectivity index (χ1) is 6.72. The van der Waals surface area contributed by atoms with Crippen molar-refractivity contribution in [1.82, 2.24) is 9.97 Å². The summed E-state index contributed by atoms with van der Waals surface area (Å²) >= 11 is 0. The highest BCUT2D eigenvalue weighted by Crippen LogP contribution is 2.24. The first-order valence-electron chi connectivity index (χ1n) is 4.19. The Hall–Kier alpha value is -1.71. The second-order valence-corrected chi connectivity index (χ2v) is 2.92. The number of rotatable bonds is 1. The van der Waals surface area contributed by atoms with Gasteiger partial charge in [0.1, 0.15) is 17.1 Å². The molecule has 1 aromatic carbocycles. The van der Waals surface area contributed by atoms with Gasteiger partial charge in [0.2, 0.25) is 5.95 Å². The van der Waals surface area contributed by atoms with Crippen molar-refractivity contribution in [3.63, 3.8) is 0 Å². The molecule has 72 valence electrons. The standard InChI is InChI=1S/C10H9FN2O/c1-6-12-9-7(10(11)13-6)4-3-5-8(9)14-2/h3-5H,1-2H3. The Labute approximate surface area is 80.6 Å². The summed E-state index contributed by atoms with van der Waals surface area (Å²) in [5, 5.41) is 0.384. The van der Waals surface area contributed by atoms with Crippen LogP contribution in [0, 0.1) is 12.9 Å². The Balaban J connectivity index is 2.86. The van der Waals surface area contributed by atoms with Crippen LogP contribution in [0.3, 0.4) is 0 Å². The van der Waals surface area contributed by atoms with E-state index in [4.69, 9.17) is 4.74 Å². The minimum Gasteiger partial charge on any atom is -0.494 e. The van der Waals surface area contributed by atoms with Crippen LogP contribution in [-0.4, -0.2) is 17.1 Å². The number of aryl methyl sites for hydroxylation is 1. The smallest absolute Gasteiger partial charge is 0.224 e. The third kappa shape index (κ3) is 1.28. The van der Waals surface area contributed by atoms with Crippen LogP contribution in [0.4, 0.5) is 4.39 Å². The number of hydrogen-bond donors (Lipinski definition) is 0. The summed E-state index contributed by atoms with van der Waals surface area (Å²) in [7, 11) is 1.53.